The smallest absolute Gasteiger partial charge is 0.0412 e. The molecule has 0 heterocycles. The van der Waals surface area contributed by atoms with Gasteiger partial charge in [0.15, 0.2) is 0 Å². The fourth-order valence-electron chi connectivity index (χ4n) is 3.10. The molecule has 0 amide bonds. The molecule has 0 atom stereocenters. The number of nitrogens with zero attached hydrogens (tertiary/aromatic N) is 1. The van der Waals surface area contributed by atoms with Crippen LogP contribution in [0.5, 0.6) is 0 Å². The molecule has 0 bridgehead atoms. The second-order valence-electron chi connectivity index (χ2n) is 5.85. The Labute approximate surface area is 128 Å². The van der Waals surface area contributed by atoms with Gasteiger partial charge in [0, 0.05) is 30.3 Å². The van der Waals surface area contributed by atoms with Crippen molar-refractivity contribution in [2.75, 3.05) is 18.5 Å². The molecular formula is C17H27ClN2. The van der Waals surface area contributed by atoms with Gasteiger partial charge in [-0.1, -0.05) is 37.8 Å². The van der Waals surface area contributed by atoms with Gasteiger partial charge in [-0.3, -0.25) is 0 Å². The number of anilines is 1. The van der Waals surface area contributed by atoms with Crippen LogP contribution in [0.2, 0.25) is 5.02 Å². The van der Waals surface area contributed by atoms with Crippen LogP contribution in [0, 0.1) is 0 Å². The van der Waals surface area contributed by atoms with Gasteiger partial charge in [0.25, 0.3) is 0 Å². The van der Waals surface area contributed by atoms with E-state index in [1.54, 1.807) is 0 Å². The van der Waals surface area contributed by atoms with Crippen molar-refractivity contribution < 1.29 is 0 Å². The van der Waals surface area contributed by atoms with Gasteiger partial charge in [-0.15, -0.1) is 0 Å². The molecule has 1 aromatic carbocycles. The van der Waals surface area contributed by atoms with Crippen LogP contribution in [0.4, 0.5) is 5.69 Å². The van der Waals surface area contributed by atoms with E-state index in [9.17, 15) is 0 Å². The lowest BCUT2D eigenvalue weighted by Gasteiger charge is -2.34. The first-order valence-electron chi connectivity index (χ1n) is 7.94. The number of nitrogens with one attached hydrogen (secondary N) is 1. The van der Waals surface area contributed by atoms with Crippen LogP contribution < -0.4 is 10.2 Å². The molecule has 0 aromatic heterocycles. The number of halogens is 1. The van der Waals surface area contributed by atoms with E-state index in [0.717, 1.165) is 24.5 Å². The van der Waals surface area contributed by atoms with Gasteiger partial charge in [-0.2, -0.15) is 0 Å². The lowest BCUT2D eigenvalue weighted by atomic mass is 9.94. The largest absolute Gasteiger partial charge is 0.371 e. The number of rotatable bonds is 6. The van der Waals surface area contributed by atoms with Crippen LogP contribution >= 0.6 is 11.6 Å². The minimum atomic E-state index is 0.690. The SMILES string of the molecule is CCCNCc1cc(Cl)ccc1N(C)C1CCCCC1. The van der Waals surface area contributed by atoms with Crippen molar-refractivity contribution in [1.82, 2.24) is 5.32 Å². The highest BCUT2D eigenvalue weighted by Crippen LogP contribution is 2.30. The maximum atomic E-state index is 6.17. The number of hydrogen-bond acceptors (Lipinski definition) is 2. The van der Waals surface area contributed by atoms with E-state index in [4.69, 9.17) is 11.6 Å². The summed E-state index contributed by atoms with van der Waals surface area (Å²) >= 11 is 6.17. The molecule has 1 N–H and O–H groups in total. The first kappa shape index (κ1) is 15.7. The summed E-state index contributed by atoms with van der Waals surface area (Å²) in [5, 5.41) is 4.32. The minimum Gasteiger partial charge on any atom is -0.371 e. The van der Waals surface area contributed by atoms with Crippen molar-refractivity contribution >= 4 is 17.3 Å². The molecule has 112 valence electrons. The van der Waals surface area contributed by atoms with E-state index in [1.165, 1.54) is 43.4 Å². The summed E-state index contributed by atoms with van der Waals surface area (Å²) in [7, 11) is 2.24. The van der Waals surface area contributed by atoms with Gasteiger partial charge in [0.05, 0.1) is 0 Å². The van der Waals surface area contributed by atoms with Crippen molar-refractivity contribution in [2.45, 2.75) is 58.0 Å². The summed E-state index contributed by atoms with van der Waals surface area (Å²) in [5.74, 6) is 0. The number of benzene rings is 1. The predicted octanol–water partition coefficient (Wildman–Crippen LogP) is 4.61. The average Bonchev–Trinajstić information content (AvgIpc) is 2.48. The van der Waals surface area contributed by atoms with Crippen LogP contribution in [-0.4, -0.2) is 19.6 Å². The third-order valence-electron chi connectivity index (χ3n) is 4.29. The third kappa shape index (κ3) is 4.13. The molecule has 2 rings (SSSR count). The molecule has 0 spiro atoms. The molecule has 1 fully saturated rings. The summed E-state index contributed by atoms with van der Waals surface area (Å²) < 4.78 is 0. The van der Waals surface area contributed by atoms with Crippen molar-refractivity contribution in [3.8, 4) is 0 Å². The molecule has 1 aromatic rings. The highest BCUT2D eigenvalue weighted by Gasteiger charge is 2.20. The Hall–Kier alpha value is -0.730. The second kappa shape index (κ2) is 7.90. The molecule has 1 aliphatic rings. The zero-order chi connectivity index (χ0) is 14.4. The van der Waals surface area contributed by atoms with Crippen molar-refractivity contribution in [3.05, 3.63) is 28.8 Å². The van der Waals surface area contributed by atoms with Crippen LogP contribution in [0.3, 0.4) is 0 Å². The highest BCUT2D eigenvalue weighted by molar-refractivity contribution is 6.30. The summed E-state index contributed by atoms with van der Waals surface area (Å²) in [6.07, 6.45) is 7.93. The van der Waals surface area contributed by atoms with Crippen LogP contribution in [0.15, 0.2) is 18.2 Å². The van der Waals surface area contributed by atoms with E-state index >= 15 is 0 Å². The van der Waals surface area contributed by atoms with Crippen molar-refractivity contribution in [1.29, 1.82) is 0 Å². The lowest BCUT2D eigenvalue weighted by molar-refractivity contribution is 0.427. The van der Waals surface area contributed by atoms with E-state index in [1.807, 2.05) is 6.07 Å². The molecule has 1 saturated carbocycles. The predicted molar refractivity (Wildman–Crippen MR) is 88.7 cm³/mol. The Kier molecular flexibility index (Phi) is 6.18. The standard InChI is InChI=1S/C17H27ClN2/c1-3-11-19-13-14-12-15(18)9-10-17(14)20(2)16-7-5-4-6-8-16/h9-10,12,16,19H,3-8,11,13H2,1-2H3. The van der Waals surface area contributed by atoms with E-state index < -0.39 is 0 Å². The van der Waals surface area contributed by atoms with E-state index in [0.29, 0.717) is 6.04 Å². The van der Waals surface area contributed by atoms with Gasteiger partial charge >= 0.3 is 0 Å². The fourth-order valence-corrected chi connectivity index (χ4v) is 3.30. The number of hydrogen-bond donors (Lipinski definition) is 1. The fraction of sp³-hybridized carbons (Fsp3) is 0.647. The van der Waals surface area contributed by atoms with Crippen molar-refractivity contribution in [2.24, 2.45) is 0 Å². The minimum absolute atomic E-state index is 0.690. The normalized spacial score (nSPS) is 16.4. The summed E-state index contributed by atoms with van der Waals surface area (Å²) in [6.45, 7) is 4.15. The molecule has 20 heavy (non-hydrogen) atoms. The lowest BCUT2D eigenvalue weighted by Crippen LogP contribution is -2.34. The van der Waals surface area contributed by atoms with Gasteiger partial charge in [-0.25, -0.2) is 0 Å². The van der Waals surface area contributed by atoms with Gasteiger partial charge in [0.1, 0.15) is 0 Å². The van der Waals surface area contributed by atoms with Crippen LogP contribution in [0.25, 0.3) is 0 Å². The zero-order valence-electron chi connectivity index (χ0n) is 12.8. The van der Waals surface area contributed by atoms with Gasteiger partial charge < -0.3 is 10.2 Å². The molecule has 2 nitrogen and oxygen atoms in total. The monoisotopic (exact) mass is 294 g/mol. The average molecular weight is 295 g/mol. The highest BCUT2D eigenvalue weighted by atomic mass is 35.5. The van der Waals surface area contributed by atoms with E-state index in [-0.39, 0.29) is 0 Å². The van der Waals surface area contributed by atoms with Crippen LogP contribution in [0.1, 0.15) is 51.0 Å². The molecule has 0 radical (unpaired) electrons. The summed E-state index contributed by atoms with van der Waals surface area (Å²) in [4.78, 5) is 2.47. The topological polar surface area (TPSA) is 15.3 Å². The van der Waals surface area contributed by atoms with Gasteiger partial charge in [-0.05, 0) is 49.6 Å². The molecule has 0 aliphatic heterocycles. The second-order valence-corrected chi connectivity index (χ2v) is 6.29. The zero-order valence-corrected chi connectivity index (χ0v) is 13.5. The van der Waals surface area contributed by atoms with Gasteiger partial charge in [0.2, 0.25) is 0 Å². The van der Waals surface area contributed by atoms with Crippen molar-refractivity contribution in [3.63, 3.8) is 0 Å². The molecule has 3 heteroatoms. The summed E-state index contributed by atoms with van der Waals surface area (Å²) in [5.41, 5.74) is 2.66. The molecule has 0 unspecified atom stereocenters. The first-order chi connectivity index (χ1) is 9.72. The Balaban J connectivity index is 2.11. The molecule has 1 aliphatic carbocycles. The van der Waals surface area contributed by atoms with E-state index in [2.05, 4.69) is 36.3 Å². The quantitative estimate of drug-likeness (QED) is 0.771. The Morgan fingerprint density at radius 1 is 1.25 bits per heavy atom. The Morgan fingerprint density at radius 2 is 2.00 bits per heavy atom. The third-order valence-corrected chi connectivity index (χ3v) is 4.52. The summed E-state index contributed by atoms with van der Waals surface area (Å²) in [6, 6.07) is 6.99. The molecular weight excluding hydrogens is 268 g/mol. The first-order valence-corrected chi connectivity index (χ1v) is 8.32. The molecule has 0 saturated heterocycles. The van der Waals surface area contributed by atoms with Crippen LogP contribution in [-0.2, 0) is 6.54 Å². The Morgan fingerprint density at radius 3 is 2.70 bits per heavy atom. The maximum absolute atomic E-state index is 6.17. The maximum Gasteiger partial charge on any atom is 0.0412 e. The Bertz CT molecular complexity index is 413.